The first-order valence-corrected chi connectivity index (χ1v) is 18.3. The van der Waals surface area contributed by atoms with Crippen LogP contribution in [0.15, 0.2) is 9.59 Å². The molecule has 1 aromatic heterocycles. The number of hydrogen-bond acceptors (Lipinski definition) is 12. The molecule has 2 saturated heterocycles. The average molecular weight is 708 g/mol. The van der Waals surface area contributed by atoms with E-state index in [1.807, 2.05) is 13.8 Å². The van der Waals surface area contributed by atoms with Crippen molar-refractivity contribution in [2.24, 2.45) is 23.0 Å². The van der Waals surface area contributed by atoms with Crippen molar-refractivity contribution < 1.29 is 33.6 Å². The summed E-state index contributed by atoms with van der Waals surface area (Å²) in [5.74, 6) is -1.69. The molecule has 14 nitrogen and oxygen atoms in total. The monoisotopic (exact) mass is 707 g/mol. The lowest BCUT2D eigenvalue weighted by Gasteiger charge is -2.46. The Kier molecular flexibility index (Phi) is 13.6. The molecule has 9 atom stereocenters. The highest BCUT2D eigenvalue weighted by Gasteiger charge is 2.51. The zero-order chi connectivity index (χ0) is 37.0. The number of hydrogen-bond donors (Lipinski definition) is 4. The van der Waals surface area contributed by atoms with Crippen LogP contribution in [-0.2, 0) is 41.5 Å². The molecular weight excluding hydrogens is 646 g/mol. The van der Waals surface area contributed by atoms with E-state index < -0.39 is 53.1 Å². The predicted molar refractivity (Wildman–Crippen MR) is 187 cm³/mol. The molecule has 3 aliphatic rings. The summed E-state index contributed by atoms with van der Waals surface area (Å²) < 4.78 is 24.7. The second-order valence-corrected chi connectivity index (χ2v) is 15.6. The van der Waals surface area contributed by atoms with E-state index in [9.17, 15) is 24.3 Å². The number of esters is 1. The number of carbonyl (C=O) groups is 2. The van der Waals surface area contributed by atoms with E-state index in [0.717, 1.165) is 38.9 Å². The number of rotatable bonds is 9. The fourth-order valence-electron chi connectivity index (χ4n) is 8.10. The summed E-state index contributed by atoms with van der Waals surface area (Å²) in [6, 6.07) is -0.654. The Morgan fingerprint density at radius 2 is 1.80 bits per heavy atom. The van der Waals surface area contributed by atoms with Crippen LogP contribution in [0, 0.1) is 17.3 Å². The number of ether oxygens (including phenoxy) is 4. The topological polar surface area (TPSA) is 190 Å². The molecule has 2 fully saturated rings. The lowest BCUT2D eigenvalue weighted by Crippen LogP contribution is -2.59. The van der Waals surface area contributed by atoms with Crippen molar-refractivity contribution >= 4 is 11.8 Å². The number of fused-ring (bicyclic) bond motifs is 1. The first-order valence-electron chi connectivity index (χ1n) is 18.3. The molecule has 1 aromatic rings. The third-order valence-corrected chi connectivity index (χ3v) is 11.0. The number of carbonyl (C=O) groups excluding carboxylic acids is 2. The highest BCUT2D eigenvalue weighted by molar-refractivity contribution is 6.04. The summed E-state index contributed by atoms with van der Waals surface area (Å²) in [4.78, 5) is 61.8. The lowest BCUT2D eigenvalue weighted by molar-refractivity contribution is -0.288. The number of cyclic esters (lactones) is 1. The Morgan fingerprint density at radius 3 is 2.48 bits per heavy atom. The molecule has 0 aliphatic carbocycles. The van der Waals surface area contributed by atoms with Crippen molar-refractivity contribution in [2.45, 2.75) is 136 Å². The molecular formula is C36H61N5O9. The minimum absolute atomic E-state index is 0.0812. The lowest BCUT2D eigenvalue weighted by atomic mass is 9.74. The quantitative estimate of drug-likeness (QED) is 0.215. The largest absolute Gasteiger partial charge is 0.463 e. The van der Waals surface area contributed by atoms with Gasteiger partial charge in [-0.2, -0.15) is 0 Å². The molecule has 4 rings (SSSR count). The molecule has 4 heterocycles. The average Bonchev–Trinajstić information content (AvgIpc) is 3.05. The molecule has 0 radical (unpaired) electrons. The van der Waals surface area contributed by atoms with Crippen molar-refractivity contribution in [3.63, 3.8) is 0 Å². The van der Waals surface area contributed by atoms with E-state index in [4.69, 9.17) is 24.7 Å². The van der Waals surface area contributed by atoms with Crippen molar-refractivity contribution in [3.05, 3.63) is 32.1 Å². The van der Waals surface area contributed by atoms with Gasteiger partial charge >= 0.3 is 11.7 Å². The Hall–Kier alpha value is -2.46. The van der Waals surface area contributed by atoms with E-state index in [2.05, 4.69) is 33.6 Å². The number of ketones is 1. The fraction of sp³-hybridized carbons (Fsp3) is 0.833. The zero-order valence-corrected chi connectivity index (χ0v) is 31.3. The second-order valence-electron chi connectivity index (χ2n) is 15.6. The number of nitrogens with one attached hydrogen (secondary N) is 2. The molecule has 14 heteroatoms. The van der Waals surface area contributed by atoms with Gasteiger partial charge in [0.1, 0.15) is 18.1 Å². The highest BCUT2D eigenvalue weighted by atomic mass is 16.7. The third-order valence-electron chi connectivity index (χ3n) is 11.0. The normalized spacial score (nSPS) is 35.0. The maximum absolute atomic E-state index is 14.2. The van der Waals surface area contributed by atoms with Gasteiger partial charge in [-0.15, -0.1) is 0 Å². The Balaban J connectivity index is 1.57. The van der Waals surface area contributed by atoms with Gasteiger partial charge in [0.15, 0.2) is 12.1 Å². The molecule has 3 aliphatic heterocycles. The molecule has 284 valence electrons. The molecule has 0 amide bonds. The number of aliphatic hydroxyl groups excluding tert-OH is 1. The number of aromatic nitrogens is 2. The third kappa shape index (κ3) is 9.30. The van der Waals surface area contributed by atoms with Gasteiger partial charge in [0.25, 0.3) is 5.56 Å². The van der Waals surface area contributed by atoms with Gasteiger partial charge in [-0.1, -0.05) is 20.8 Å². The van der Waals surface area contributed by atoms with Gasteiger partial charge in [-0.25, -0.2) is 4.79 Å². The minimum atomic E-state index is -1.49. The Morgan fingerprint density at radius 1 is 1.08 bits per heavy atom. The summed E-state index contributed by atoms with van der Waals surface area (Å²) >= 11 is 0. The maximum Gasteiger partial charge on any atom is 0.325 e. The fourth-order valence-corrected chi connectivity index (χ4v) is 8.10. The number of aromatic amines is 2. The minimum Gasteiger partial charge on any atom is -0.463 e. The molecule has 0 saturated carbocycles. The summed E-state index contributed by atoms with van der Waals surface area (Å²) in [7, 11) is 1.60. The summed E-state index contributed by atoms with van der Waals surface area (Å²) in [6.07, 6.45) is 0.726. The summed E-state index contributed by atoms with van der Waals surface area (Å²) in [5.41, 5.74) is 4.22. The number of Topliss-reactive ketones (excluding diaryl/α,β-unsaturated/α-hetero) is 1. The van der Waals surface area contributed by atoms with Gasteiger partial charge in [-0.05, 0) is 78.8 Å². The molecule has 0 aromatic carbocycles. The van der Waals surface area contributed by atoms with Crippen molar-refractivity contribution in [3.8, 4) is 0 Å². The van der Waals surface area contributed by atoms with Gasteiger partial charge < -0.3 is 34.8 Å². The van der Waals surface area contributed by atoms with Crippen LogP contribution in [0.2, 0.25) is 0 Å². The van der Waals surface area contributed by atoms with Gasteiger partial charge in [0.2, 0.25) is 0 Å². The first kappa shape index (κ1) is 40.3. The number of nitrogens with zero attached hydrogens (tertiary/aromatic N) is 2. The molecule has 0 unspecified atom stereocenters. The number of aliphatic hydroxyl groups is 1. The highest BCUT2D eigenvalue weighted by Crippen LogP contribution is 2.38. The second kappa shape index (κ2) is 16.9. The van der Waals surface area contributed by atoms with Crippen molar-refractivity contribution in [1.82, 2.24) is 19.8 Å². The van der Waals surface area contributed by atoms with Crippen LogP contribution in [0.25, 0.3) is 0 Å². The Bertz CT molecular complexity index is 1430. The smallest absolute Gasteiger partial charge is 0.325 e. The Labute approximate surface area is 295 Å². The molecule has 0 spiro atoms. The number of H-pyrrole nitrogens is 2. The van der Waals surface area contributed by atoms with Crippen molar-refractivity contribution in [2.75, 3.05) is 39.9 Å². The van der Waals surface area contributed by atoms with Crippen LogP contribution in [0.4, 0.5) is 0 Å². The van der Waals surface area contributed by atoms with Gasteiger partial charge in [-0.3, -0.25) is 29.2 Å². The van der Waals surface area contributed by atoms with Gasteiger partial charge in [0.05, 0.1) is 23.4 Å². The van der Waals surface area contributed by atoms with E-state index in [1.165, 1.54) is 0 Å². The number of nitrogens with two attached hydrogens (primary N) is 1. The van der Waals surface area contributed by atoms with E-state index in [0.29, 0.717) is 43.6 Å². The van der Waals surface area contributed by atoms with Crippen molar-refractivity contribution in [1.29, 1.82) is 0 Å². The maximum atomic E-state index is 14.2. The SMILES string of the molecule is CCCN1C[C@H](C)C[C@@](C)(OC)[C@H](O[C@@H]2O[C@H](C)C[C@H](N)[C@H]2O)[C@@H](C)C(=O)C(C)(C)C(=O)OC[C@H]1CCCN1CCc2[nH]c(=O)[nH]c(=O)c2C1. The first-order chi connectivity index (χ1) is 23.5. The molecule has 50 heavy (non-hydrogen) atoms. The zero-order valence-electron chi connectivity index (χ0n) is 31.3. The van der Waals surface area contributed by atoms with Crippen LogP contribution in [-0.4, -0.2) is 119 Å². The van der Waals surface area contributed by atoms with E-state index in [1.54, 1.807) is 27.9 Å². The molecule has 0 bridgehead atoms. The van der Waals surface area contributed by atoms with Crippen LogP contribution in [0.1, 0.15) is 91.8 Å². The summed E-state index contributed by atoms with van der Waals surface area (Å²) in [6.45, 7) is 16.5. The van der Waals surface area contributed by atoms with Crippen LogP contribution < -0.4 is 17.0 Å². The van der Waals surface area contributed by atoms with E-state index in [-0.39, 0.29) is 36.0 Å². The van der Waals surface area contributed by atoms with Gasteiger partial charge in [0, 0.05) is 56.9 Å². The summed E-state index contributed by atoms with van der Waals surface area (Å²) in [5, 5.41) is 11.0. The van der Waals surface area contributed by atoms with Crippen LogP contribution in [0.5, 0.6) is 0 Å². The standard InChI is InChI=1S/C36H61N5O9/c1-9-13-41-18-21(2)17-36(7,47-8)30(50-32-28(42)26(37)16-22(3)49-32)23(4)29(43)35(5,6)33(45)48-20-24(41)11-10-14-40-15-12-27-25(19-40)31(44)39-34(46)38-27/h21-24,26,28,30,32,42H,9-20,37H2,1-8H3,(H2,38,39,44,46)/t21-,22-,23+,24-,26+,28-,30-,32+,36-/m1/s1. The van der Waals surface area contributed by atoms with Crippen LogP contribution >= 0.6 is 0 Å². The predicted octanol–water partition coefficient (Wildman–Crippen LogP) is 1.71. The van der Waals surface area contributed by atoms with Crippen LogP contribution in [0.3, 0.4) is 0 Å². The van der Waals surface area contributed by atoms with E-state index >= 15 is 0 Å². The number of methoxy groups -OCH3 is 1. The molecule has 5 N–H and O–H groups in total.